The van der Waals surface area contributed by atoms with Crippen LogP contribution in [0.2, 0.25) is 0 Å². The molecule has 0 aliphatic rings. The van der Waals surface area contributed by atoms with Crippen LogP contribution >= 0.6 is 0 Å². The van der Waals surface area contributed by atoms with Crippen LogP contribution in [0, 0.1) is 5.95 Å². The van der Waals surface area contributed by atoms with Crippen molar-refractivity contribution in [2.75, 3.05) is 12.4 Å². The number of hydrogen-bond acceptors (Lipinski definition) is 4. The number of carbonyl (C=O) groups excluding carboxylic acids is 1. The molecule has 76 valence electrons. The molecular formula is C9H11FN2O2. The van der Waals surface area contributed by atoms with Crippen molar-refractivity contribution in [2.24, 2.45) is 0 Å². The fourth-order valence-corrected chi connectivity index (χ4v) is 0.947. The van der Waals surface area contributed by atoms with Gasteiger partial charge in [0.2, 0.25) is 5.95 Å². The Balaban J connectivity index is 2.60. The van der Waals surface area contributed by atoms with Gasteiger partial charge in [0.1, 0.15) is 6.04 Å². The fraction of sp³-hybridized carbons (Fsp3) is 0.333. The topological polar surface area (TPSA) is 51.2 Å². The second kappa shape index (κ2) is 4.55. The lowest BCUT2D eigenvalue weighted by molar-refractivity contribution is -0.141. The van der Waals surface area contributed by atoms with Crippen molar-refractivity contribution in [1.82, 2.24) is 4.98 Å². The Morgan fingerprint density at radius 1 is 1.64 bits per heavy atom. The number of pyridine rings is 1. The highest BCUT2D eigenvalue weighted by Gasteiger charge is 2.12. The molecule has 0 spiro atoms. The first-order valence-corrected chi connectivity index (χ1v) is 4.09. The molecular weight excluding hydrogens is 187 g/mol. The van der Waals surface area contributed by atoms with Gasteiger partial charge in [-0.25, -0.2) is 9.78 Å². The molecule has 0 saturated heterocycles. The smallest absolute Gasteiger partial charge is 0.327 e. The molecule has 0 saturated carbocycles. The van der Waals surface area contributed by atoms with Crippen LogP contribution in [0.5, 0.6) is 0 Å². The van der Waals surface area contributed by atoms with E-state index < -0.39 is 12.0 Å². The molecule has 4 nitrogen and oxygen atoms in total. The van der Waals surface area contributed by atoms with Crippen LogP contribution in [-0.2, 0) is 9.53 Å². The van der Waals surface area contributed by atoms with Gasteiger partial charge in [0.05, 0.1) is 19.0 Å². The first-order valence-electron chi connectivity index (χ1n) is 4.09. The highest BCUT2D eigenvalue weighted by Crippen LogP contribution is 2.07. The number of nitrogens with zero attached hydrogens (tertiary/aromatic N) is 1. The summed E-state index contributed by atoms with van der Waals surface area (Å²) in [6.07, 6.45) is 1.31. The second-order valence-corrected chi connectivity index (χ2v) is 2.76. The number of carbonyl (C=O) groups is 1. The van der Waals surface area contributed by atoms with Crippen LogP contribution in [0.25, 0.3) is 0 Å². The van der Waals surface area contributed by atoms with E-state index in [1.807, 2.05) is 0 Å². The van der Waals surface area contributed by atoms with Crippen molar-refractivity contribution in [3.05, 3.63) is 24.3 Å². The van der Waals surface area contributed by atoms with Crippen LogP contribution in [0.15, 0.2) is 18.3 Å². The zero-order valence-electron chi connectivity index (χ0n) is 7.95. The number of aromatic nitrogens is 1. The third kappa shape index (κ3) is 2.69. The molecule has 0 aliphatic heterocycles. The fourth-order valence-electron chi connectivity index (χ4n) is 0.947. The van der Waals surface area contributed by atoms with Gasteiger partial charge in [0.15, 0.2) is 0 Å². The van der Waals surface area contributed by atoms with Crippen LogP contribution in [0.4, 0.5) is 10.1 Å². The van der Waals surface area contributed by atoms with Gasteiger partial charge in [-0.1, -0.05) is 0 Å². The molecule has 1 unspecified atom stereocenters. The lowest BCUT2D eigenvalue weighted by atomic mass is 10.3. The summed E-state index contributed by atoms with van der Waals surface area (Å²) >= 11 is 0. The summed E-state index contributed by atoms with van der Waals surface area (Å²) in [6.45, 7) is 1.65. The van der Waals surface area contributed by atoms with E-state index in [9.17, 15) is 9.18 Å². The molecule has 14 heavy (non-hydrogen) atoms. The molecule has 1 heterocycles. The van der Waals surface area contributed by atoms with E-state index in [-0.39, 0.29) is 5.97 Å². The number of nitrogens with one attached hydrogen (secondary N) is 1. The average molecular weight is 198 g/mol. The van der Waals surface area contributed by atoms with Gasteiger partial charge >= 0.3 is 5.97 Å². The molecule has 1 N–H and O–H groups in total. The Morgan fingerprint density at radius 2 is 2.36 bits per heavy atom. The van der Waals surface area contributed by atoms with Gasteiger partial charge < -0.3 is 10.1 Å². The van der Waals surface area contributed by atoms with Crippen molar-refractivity contribution in [3.8, 4) is 0 Å². The minimum absolute atomic E-state index is 0.380. The van der Waals surface area contributed by atoms with Crippen LogP contribution in [-0.4, -0.2) is 24.1 Å². The van der Waals surface area contributed by atoms with E-state index in [0.717, 1.165) is 0 Å². The summed E-state index contributed by atoms with van der Waals surface area (Å²) in [5, 5.41) is 2.82. The molecule has 0 aliphatic carbocycles. The van der Waals surface area contributed by atoms with Crippen LogP contribution in [0.3, 0.4) is 0 Å². The number of hydrogen-bond donors (Lipinski definition) is 1. The highest BCUT2D eigenvalue weighted by atomic mass is 19.1. The van der Waals surface area contributed by atoms with Crippen LogP contribution < -0.4 is 5.32 Å². The zero-order chi connectivity index (χ0) is 10.6. The molecule has 0 aromatic carbocycles. The van der Waals surface area contributed by atoms with Gasteiger partial charge in [0, 0.05) is 0 Å². The predicted octanol–water partition coefficient (Wildman–Crippen LogP) is 1.19. The van der Waals surface area contributed by atoms with E-state index >= 15 is 0 Å². The molecule has 1 aromatic heterocycles. The Bertz CT molecular complexity index is 313. The largest absolute Gasteiger partial charge is 0.467 e. The standard InChI is InChI=1S/C9H11FN2O2/c1-6(9(13)14-2)12-7-3-4-8(10)11-5-7/h3-6,12H,1-2H3. The van der Waals surface area contributed by atoms with E-state index in [0.29, 0.717) is 5.69 Å². The van der Waals surface area contributed by atoms with Crippen molar-refractivity contribution < 1.29 is 13.9 Å². The van der Waals surface area contributed by atoms with Crippen LogP contribution in [0.1, 0.15) is 6.92 Å². The molecule has 1 rings (SSSR count). The summed E-state index contributed by atoms with van der Waals surface area (Å²) in [4.78, 5) is 14.4. The molecule has 5 heteroatoms. The summed E-state index contributed by atoms with van der Waals surface area (Å²) in [7, 11) is 1.31. The number of rotatable bonds is 3. The summed E-state index contributed by atoms with van der Waals surface area (Å²) in [6, 6.07) is 2.24. The van der Waals surface area contributed by atoms with Gasteiger partial charge in [-0.2, -0.15) is 4.39 Å². The minimum Gasteiger partial charge on any atom is -0.467 e. The van der Waals surface area contributed by atoms with E-state index in [1.54, 1.807) is 6.92 Å². The zero-order valence-corrected chi connectivity index (χ0v) is 7.95. The number of esters is 1. The summed E-state index contributed by atoms with van der Waals surface area (Å²) in [5.74, 6) is -0.935. The summed E-state index contributed by atoms with van der Waals surface area (Å²) < 4.78 is 16.9. The van der Waals surface area contributed by atoms with E-state index in [2.05, 4.69) is 15.0 Å². The SMILES string of the molecule is COC(=O)C(C)Nc1ccc(F)nc1. The monoisotopic (exact) mass is 198 g/mol. The van der Waals surface area contributed by atoms with Crippen molar-refractivity contribution in [3.63, 3.8) is 0 Å². The number of anilines is 1. The highest BCUT2D eigenvalue weighted by molar-refractivity contribution is 5.78. The first kappa shape index (κ1) is 10.4. The van der Waals surface area contributed by atoms with Gasteiger partial charge in [-0.3, -0.25) is 0 Å². The predicted molar refractivity (Wildman–Crippen MR) is 49.3 cm³/mol. The Kier molecular flexibility index (Phi) is 3.39. The maximum Gasteiger partial charge on any atom is 0.327 e. The molecule has 1 atom stereocenters. The van der Waals surface area contributed by atoms with E-state index in [1.165, 1.54) is 25.4 Å². The maximum atomic E-state index is 12.4. The van der Waals surface area contributed by atoms with Gasteiger partial charge in [0.25, 0.3) is 0 Å². The normalized spacial score (nSPS) is 11.9. The molecule has 1 aromatic rings. The Hall–Kier alpha value is -1.65. The lowest BCUT2D eigenvalue weighted by Crippen LogP contribution is -2.27. The first-order chi connectivity index (χ1) is 6.63. The van der Waals surface area contributed by atoms with Gasteiger partial charge in [-0.05, 0) is 19.1 Å². The third-order valence-corrected chi connectivity index (χ3v) is 1.67. The van der Waals surface area contributed by atoms with Crippen molar-refractivity contribution in [2.45, 2.75) is 13.0 Å². The third-order valence-electron chi connectivity index (χ3n) is 1.67. The second-order valence-electron chi connectivity index (χ2n) is 2.76. The average Bonchev–Trinajstić information content (AvgIpc) is 2.20. The number of ether oxygens (including phenoxy) is 1. The molecule has 0 amide bonds. The van der Waals surface area contributed by atoms with Crippen molar-refractivity contribution >= 4 is 11.7 Å². The summed E-state index contributed by atoms with van der Waals surface area (Å²) in [5.41, 5.74) is 0.573. The lowest BCUT2D eigenvalue weighted by Gasteiger charge is -2.11. The van der Waals surface area contributed by atoms with Gasteiger partial charge in [-0.15, -0.1) is 0 Å². The van der Waals surface area contributed by atoms with Crippen molar-refractivity contribution in [1.29, 1.82) is 0 Å². The Morgan fingerprint density at radius 3 is 2.86 bits per heavy atom. The molecule has 0 fully saturated rings. The molecule has 0 bridgehead atoms. The van der Waals surface area contributed by atoms with E-state index in [4.69, 9.17) is 0 Å². The quantitative estimate of drug-likeness (QED) is 0.585. The molecule has 0 radical (unpaired) electrons. The maximum absolute atomic E-state index is 12.4. The number of methoxy groups -OCH3 is 1. The minimum atomic E-state index is -0.554. The number of halogens is 1. The Labute approximate surface area is 81.1 Å².